The van der Waals surface area contributed by atoms with Crippen LogP contribution in [0.3, 0.4) is 0 Å². The van der Waals surface area contributed by atoms with E-state index in [1.165, 1.54) is 0 Å². The van der Waals surface area contributed by atoms with Crippen LogP contribution < -0.4 is 9.47 Å². The normalized spacial score (nSPS) is 10.7. The third-order valence-electron chi connectivity index (χ3n) is 4.39. The van der Waals surface area contributed by atoms with E-state index in [0.717, 1.165) is 12.7 Å². The number of ether oxygens (including phenoxy) is 2. The van der Waals surface area contributed by atoms with E-state index in [9.17, 15) is 4.79 Å². The number of nitriles is 1. The highest BCUT2D eigenvalue weighted by Crippen LogP contribution is 2.23. The molecular weight excluding hydrogens is 444 g/mol. The van der Waals surface area contributed by atoms with Gasteiger partial charge in [0.1, 0.15) is 24.7 Å². The topological polar surface area (TPSA) is 124 Å². The Bertz CT molecular complexity index is 1000. The standard InChI is InChI=1S/C25H24N2O4.C2H6.CH4O/c1-3-5-19(4-2)24(27)17-31-22-10-6-18(7-11-22)16-30-23-12-8-20(9-13-23)21(15-26)14-25(28)29;2*1-2/h3-13,21,27H,1-2,14,16-17H2,(H,28,29);1-2H3;2H,1H3/b19-5+,27-24?;;. The number of carboxylic acids is 1. The zero-order chi connectivity index (χ0) is 26.6. The maximum absolute atomic E-state index is 10.8. The second-order valence-corrected chi connectivity index (χ2v) is 6.61. The van der Waals surface area contributed by atoms with Crippen LogP contribution in [0.15, 0.2) is 85.5 Å². The van der Waals surface area contributed by atoms with Crippen molar-refractivity contribution in [3.8, 4) is 17.6 Å². The van der Waals surface area contributed by atoms with Crippen molar-refractivity contribution in [1.29, 1.82) is 10.7 Å². The SMILES string of the molecule is C=C/C=C(\C=C)C(=N)COc1ccc(COc2ccc(C(C#N)CC(=O)O)cc2)cc1.CC.CO. The number of aliphatic hydroxyl groups is 1. The van der Waals surface area contributed by atoms with Crippen LogP contribution in [0.25, 0.3) is 0 Å². The first-order chi connectivity index (χ1) is 17.0. The van der Waals surface area contributed by atoms with E-state index in [0.29, 0.717) is 35.0 Å². The molecule has 2 aromatic rings. The van der Waals surface area contributed by atoms with Gasteiger partial charge < -0.3 is 25.1 Å². The Morgan fingerprint density at radius 3 is 2.09 bits per heavy atom. The van der Waals surface area contributed by atoms with Gasteiger partial charge in [-0.3, -0.25) is 4.79 Å². The summed E-state index contributed by atoms with van der Waals surface area (Å²) in [5.74, 6) is -0.433. The maximum Gasteiger partial charge on any atom is 0.305 e. The fourth-order valence-corrected chi connectivity index (χ4v) is 2.72. The minimum atomic E-state index is -1.01. The van der Waals surface area contributed by atoms with Crippen molar-refractivity contribution in [2.24, 2.45) is 0 Å². The Morgan fingerprint density at radius 1 is 1.06 bits per heavy atom. The molecule has 1 atom stereocenters. The number of aliphatic carboxylic acids is 1. The molecule has 0 bridgehead atoms. The van der Waals surface area contributed by atoms with Gasteiger partial charge in [-0.25, -0.2) is 0 Å². The fourth-order valence-electron chi connectivity index (χ4n) is 2.72. The van der Waals surface area contributed by atoms with Crippen molar-refractivity contribution in [3.05, 3.63) is 96.6 Å². The zero-order valence-electron chi connectivity index (χ0n) is 20.5. The van der Waals surface area contributed by atoms with Gasteiger partial charge in [0.2, 0.25) is 0 Å². The molecular formula is C28H34N2O5. The number of aliphatic hydroxyl groups excluding tert-OH is 1. The highest BCUT2D eigenvalue weighted by atomic mass is 16.5. The van der Waals surface area contributed by atoms with Gasteiger partial charge in [-0.2, -0.15) is 5.26 Å². The molecule has 7 heteroatoms. The molecule has 0 aliphatic heterocycles. The molecule has 0 aliphatic rings. The average Bonchev–Trinajstić information content (AvgIpc) is 2.91. The average molecular weight is 479 g/mol. The predicted molar refractivity (Wildman–Crippen MR) is 139 cm³/mol. The monoisotopic (exact) mass is 478 g/mol. The number of nitrogens with zero attached hydrogens (tertiary/aromatic N) is 1. The number of nitrogens with one attached hydrogen (secondary N) is 1. The number of benzene rings is 2. The van der Waals surface area contributed by atoms with E-state index in [-0.39, 0.29) is 13.0 Å². The smallest absolute Gasteiger partial charge is 0.305 e. The van der Waals surface area contributed by atoms with Crippen molar-refractivity contribution in [2.75, 3.05) is 13.7 Å². The molecule has 0 amide bonds. The minimum Gasteiger partial charge on any atom is -0.489 e. The maximum atomic E-state index is 10.8. The van der Waals surface area contributed by atoms with Crippen molar-refractivity contribution in [3.63, 3.8) is 0 Å². The number of carbonyl (C=O) groups is 1. The molecule has 35 heavy (non-hydrogen) atoms. The Labute approximate surface area is 207 Å². The molecule has 0 aliphatic carbocycles. The zero-order valence-corrected chi connectivity index (χ0v) is 20.5. The second kappa shape index (κ2) is 18.3. The van der Waals surface area contributed by atoms with Gasteiger partial charge in [-0.15, -0.1) is 0 Å². The molecule has 0 saturated heterocycles. The van der Waals surface area contributed by atoms with Crippen molar-refractivity contribution >= 4 is 11.7 Å². The van der Waals surface area contributed by atoms with Crippen molar-refractivity contribution in [2.45, 2.75) is 32.8 Å². The molecule has 0 heterocycles. The molecule has 1 unspecified atom stereocenters. The third kappa shape index (κ3) is 11.5. The third-order valence-corrected chi connectivity index (χ3v) is 4.39. The summed E-state index contributed by atoms with van der Waals surface area (Å²) in [5, 5.41) is 33.0. The van der Waals surface area contributed by atoms with E-state index >= 15 is 0 Å². The first kappa shape index (κ1) is 30.9. The Hall–Kier alpha value is -4.15. The van der Waals surface area contributed by atoms with Gasteiger partial charge in [0, 0.05) is 7.11 Å². The molecule has 7 nitrogen and oxygen atoms in total. The summed E-state index contributed by atoms with van der Waals surface area (Å²) in [5.41, 5.74) is 2.56. The van der Waals surface area contributed by atoms with E-state index in [4.69, 9.17) is 30.4 Å². The van der Waals surface area contributed by atoms with E-state index < -0.39 is 11.9 Å². The molecule has 3 N–H and O–H groups in total. The molecule has 186 valence electrons. The molecule has 0 fully saturated rings. The first-order valence-electron chi connectivity index (χ1n) is 11.0. The molecule has 2 aromatic carbocycles. The van der Waals surface area contributed by atoms with Gasteiger partial charge in [-0.05, 0) is 41.0 Å². The van der Waals surface area contributed by atoms with Gasteiger partial charge in [0.05, 0.1) is 24.1 Å². The molecule has 0 spiro atoms. The van der Waals surface area contributed by atoms with Crippen LogP contribution in [-0.4, -0.2) is 35.6 Å². The lowest BCUT2D eigenvalue weighted by Gasteiger charge is -2.11. The van der Waals surface area contributed by atoms with Gasteiger partial charge >= 0.3 is 5.97 Å². The number of hydrogen-bond acceptors (Lipinski definition) is 6. The van der Waals surface area contributed by atoms with Crippen LogP contribution in [0.4, 0.5) is 0 Å². The predicted octanol–water partition coefficient (Wildman–Crippen LogP) is 5.68. The van der Waals surface area contributed by atoms with Crippen LogP contribution >= 0.6 is 0 Å². The van der Waals surface area contributed by atoms with Gasteiger partial charge in [0.25, 0.3) is 0 Å². The number of hydrogen-bond donors (Lipinski definition) is 3. The summed E-state index contributed by atoms with van der Waals surface area (Å²) < 4.78 is 11.4. The van der Waals surface area contributed by atoms with Gasteiger partial charge in [-0.1, -0.05) is 69.5 Å². The van der Waals surface area contributed by atoms with Crippen LogP contribution in [-0.2, 0) is 11.4 Å². The number of carboxylic acid groups (broad SMARTS) is 1. The summed E-state index contributed by atoms with van der Waals surface area (Å²) in [4.78, 5) is 10.8. The highest BCUT2D eigenvalue weighted by Gasteiger charge is 2.14. The second-order valence-electron chi connectivity index (χ2n) is 6.61. The van der Waals surface area contributed by atoms with Crippen LogP contribution in [0.2, 0.25) is 0 Å². The lowest BCUT2D eigenvalue weighted by atomic mass is 9.97. The Kier molecular flexibility index (Phi) is 16.1. The van der Waals surface area contributed by atoms with E-state index in [1.54, 1.807) is 42.5 Å². The minimum absolute atomic E-state index is 0.124. The quantitative estimate of drug-likeness (QED) is 0.266. The largest absolute Gasteiger partial charge is 0.489 e. The number of allylic oxidation sites excluding steroid dienone is 3. The molecule has 2 rings (SSSR count). The van der Waals surface area contributed by atoms with Crippen molar-refractivity contribution < 1.29 is 24.5 Å². The Balaban J connectivity index is 0.00000274. The fraction of sp³-hybridized carbons (Fsp3) is 0.250. The van der Waals surface area contributed by atoms with E-state index in [2.05, 4.69) is 13.2 Å². The lowest BCUT2D eigenvalue weighted by molar-refractivity contribution is -0.137. The summed E-state index contributed by atoms with van der Waals surface area (Å²) in [6, 6.07) is 16.2. The first-order valence-corrected chi connectivity index (χ1v) is 11.0. The van der Waals surface area contributed by atoms with Crippen LogP contribution in [0.1, 0.15) is 37.3 Å². The highest BCUT2D eigenvalue weighted by molar-refractivity contribution is 6.01. The van der Waals surface area contributed by atoms with E-state index in [1.807, 2.05) is 44.2 Å². The summed E-state index contributed by atoms with van der Waals surface area (Å²) in [7, 11) is 1.00. The van der Waals surface area contributed by atoms with Gasteiger partial charge in [0.15, 0.2) is 0 Å². The molecule has 0 aromatic heterocycles. The summed E-state index contributed by atoms with van der Waals surface area (Å²) in [6.07, 6.45) is 4.67. The van der Waals surface area contributed by atoms with Crippen molar-refractivity contribution in [1.82, 2.24) is 0 Å². The van der Waals surface area contributed by atoms with Crippen LogP contribution in [0, 0.1) is 16.7 Å². The molecule has 0 radical (unpaired) electrons. The van der Waals surface area contributed by atoms with Crippen LogP contribution in [0.5, 0.6) is 11.5 Å². The molecule has 0 saturated carbocycles. The number of rotatable bonds is 12. The summed E-state index contributed by atoms with van der Waals surface area (Å²) >= 11 is 0. The summed E-state index contributed by atoms with van der Waals surface area (Å²) in [6.45, 7) is 11.8. The Morgan fingerprint density at radius 2 is 1.60 bits per heavy atom. The lowest BCUT2D eigenvalue weighted by Crippen LogP contribution is -2.11.